The molecule has 3 rings (SSSR count). The van der Waals surface area contributed by atoms with Crippen molar-refractivity contribution in [3.8, 4) is 0 Å². The minimum atomic E-state index is -0.524. The normalized spacial score (nSPS) is 27.7. The molecule has 0 bridgehead atoms. The number of fused-ring (bicyclic) bond motifs is 1. The predicted molar refractivity (Wildman–Crippen MR) is 82.0 cm³/mol. The molecule has 1 heterocycles. The Bertz CT molecular complexity index is 594. The van der Waals surface area contributed by atoms with Gasteiger partial charge >= 0.3 is 0 Å². The van der Waals surface area contributed by atoms with Gasteiger partial charge in [-0.1, -0.05) is 13.0 Å². The van der Waals surface area contributed by atoms with Crippen molar-refractivity contribution in [2.45, 2.75) is 51.0 Å². The molecule has 2 N–H and O–H groups in total. The summed E-state index contributed by atoms with van der Waals surface area (Å²) >= 11 is 0. The fourth-order valence-electron chi connectivity index (χ4n) is 3.38. The maximum Gasteiger partial charge on any atom is 0.228 e. The van der Waals surface area contributed by atoms with Crippen molar-refractivity contribution in [1.29, 1.82) is 0 Å². The smallest absolute Gasteiger partial charge is 0.228 e. The summed E-state index contributed by atoms with van der Waals surface area (Å²) in [7, 11) is 0. The van der Waals surface area contributed by atoms with Gasteiger partial charge in [-0.3, -0.25) is 9.59 Å². The predicted octanol–water partition coefficient (Wildman–Crippen LogP) is 2.95. The zero-order chi connectivity index (χ0) is 15.7. The topological polar surface area (TPSA) is 58.2 Å². The molecule has 0 radical (unpaired) electrons. The molecule has 1 aromatic rings. The molecular weight excluding hydrogens is 283 g/mol. The third kappa shape index (κ3) is 3.13. The Kier molecular flexibility index (Phi) is 4.14. The molecule has 5 heteroatoms. The van der Waals surface area contributed by atoms with Gasteiger partial charge in [-0.25, -0.2) is 4.39 Å². The maximum absolute atomic E-state index is 13.3. The third-order valence-electron chi connectivity index (χ3n) is 4.73. The van der Waals surface area contributed by atoms with E-state index in [1.165, 1.54) is 12.1 Å². The molecule has 0 spiro atoms. The third-order valence-corrected chi connectivity index (χ3v) is 4.73. The van der Waals surface area contributed by atoms with E-state index in [9.17, 15) is 14.0 Å². The van der Waals surface area contributed by atoms with Gasteiger partial charge in [0.25, 0.3) is 0 Å². The van der Waals surface area contributed by atoms with Crippen molar-refractivity contribution in [3.05, 3.63) is 29.6 Å². The van der Waals surface area contributed by atoms with Crippen LogP contribution in [-0.2, 0) is 9.59 Å². The number of amides is 2. The van der Waals surface area contributed by atoms with Gasteiger partial charge in [0, 0.05) is 18.2 Å². The van der Waals surface area contributed by atoms with Crippen LogP contribution in [0.3, 0.4) is 0 Å². The lowest BCUT2D eigenvalue weighted by Gasteiger charge is -2.30. The van der Waals surface area contributed by atoms with E-state index in [4.69, 9.17) is 0 Å². The van der Waals surface area contributed by atoms with Crippen LogP contribution in [0.5, 0.6) is 0 Å². The van der Waals surface area contributed by atoms with E-state index >= 15 is 0 Å². The van der Waals surface area contributed by atoms with Crippen LogP contribution in [0.15, 0.2) is 18.2 Å². The molecule has 1 atom stereocenters. The average Bonchev–Trinajstić information content (AvgIpc) is 2.48. The van der Waals surface area contributed by atoms with Gasteiger partial charge in [0.2, 0.25) is 11.8 Å². The Hall–Kier alpha value is -1.91. The fraction of sp³-hybridized carbons (Fsp3) is 0.529. The van der Waals surface area contributed by atoms with E-state index in [2.05, 4.69) is 17.6 Å². The molecule has 4 nitrogen and oxygen atoms in total. The molecule has 1 fully saturated rings. The quantitative estimate of drug-likeness (QED) is 0.882. The van der Waals surface area contributed by atoms with E-state index in [1.54, 1.807) is 6.07 Å². The first kappa shape index (κ1) is 15.0. The van der Waals surface area contributed by atoms with Gasteiger partial charge in [0.05, 0.1) is 5.92 Å². The number of nitrogens with one attached hydrogen (secondary N) is 2. The molecule has 0 aromatic heterocycles. The average molecular weight is 304 g/mol. The van der Waals surface area contributed by atoms with Crippen molar-refractivity contribution in [2.75, 3.05) is 5.32 Å². The Morgan fingerprint density at radius 2 is 2.00 bits per heavy atom. The van der Waals surface area contributed by atoms with Gasteiger partial charge in [-0.2, -0.15) is 0 Å². The highest BCUT2D eigenvalue weighted by Gasteiger charge is 2.32. The largest absolute Gasteiger partial charge is 0.353 e. The minimum absolute atomic E-state index is 0.119. The van der Waals surface area contributed by atoms with Crippen molar-refractivity contribution in [2.24, 2.45) is 5.92 Å². The Balaban J connectivity index is 1.74. The Labute approximate surface area is 129 Å². The molecule has 1 aliphatic heterocycles. The van der Waals surface area contributed by atoms with Gasteiger partial charge < -0.3 is 10.6 Å². The fourth-order valence-corrected chi connectivity index (χ4v) is 3.38. The number of hydrogen-bond donors (Lipinski definition) is 2. The number of benzene rings is 1. The lowest BCUT2D eigenvalue weighted by atomic mass is 9.86. The van der Waals surface area contributed by atoms with E-state index in [0.717, 1.165) is 31.6 Å². The summed E-state index contributed by atoms with van der Waals surface area (Å²) in [6, 6.07) is 4.39. The zero-order valence-electron chi connectivity index (χ0n) is 12.7. The number of anilines is 1. The highest BCUT2D eigenvalue weighted by atomic mass is 19.1. The number of carbonyl (C=O) groups excluding carboxylic acids is 2. The van der Waals surface area contributed by atoms with Crippen molar-refractivity contribution < 1.29 is 14.0 Å². The maximum atomic E-state index is 13.3. The molecule has 1 unspecified atom stereocenters. The Morgan fingerprint density at radius 3 is 2.73 bits per heavy atom. The molecule has 22 heavy (non-hydrogen) atoms. The number of hydrogen-bond acceptors (Lipinski definition) is 2. The molecule has 2 amide bonds. The van der Waals surface area contributed by atoms with E-state index < -0.39 is 11.7 Å². The summed E-state index contributed by atoms with van der Waals surface area (Å²) in [6.07, 6.45) is 4.34. The van der Waals surface area contributed by atoms with Crippen LogP contribution in [0.4, 0.5) is 10.1 Å². The van der Waals surface area contributed by atoms with E-state index in [1.807, 2.05) is 0 Å². The number of halogens is 1. The summed E-state index contributed by atoms with van der Waals surface area (Å²) in [5.41, 5.74) is 1.11. The molecular formula is C17H21FN2O2. The number of carbonyl (C=O) groups is 2. The van der Waals surface area contributed by atoms with Gasteiger partial charge in [0.15, 0.2) is 0 Å². The molecule has 0 saturated heterocycles. The van der Waals surface area contributed by atoms with Crippen molar-refractivity contribution in [1.82, 2.24) is 5.32 Å². The summed E-state index contributed by atoms with van der Waals surface area (Å²) in [5.74, 6) is -0.583. The van der Waals surface area contributed by atoms with Crippen LogP contribution in [0.1, 0.15) is 50.5 Å². The van der Waals surface area contributed by atoms with Gasteiger partial charge in [0.1, 0.15) is 5.82 Å². The first-order valence-corrected chi connectivity index (χ1v) is 7.92. The second kappa shape index (κ2) is 6.07. The van der Waals surface area contributed by atoms with E-state index in [0.29, 0.717) is 11.3 Å². The van der Waals surface area contributed by atoms with E-state index in [-0.39, 0.29) is 24.3 Å². The summed E-state index contributed by atoms with van der Waals surface area (Å²) < 4.78 is 13.3. The highest BCUT2D eigenvalue weighted by molar-refractivity contribution is 6.01. The zero-order valence-corrected chi connectivity index (χ0v) is 12.7. The Morgan fingerprint density at radius 1 is 1.27 bits per heavy atom. The number of rotatable bonds is 2. The van der Waals surface area contributed by atoms with Gasteiger partial charge in [-0.15, -0.1) is 0 Å². The van der Waals surface area contributed by atoms with Crippen LogP contribution in [-0.4, -0.2) is 17.9 Å². The summed E-state index contributed by atoms with van der Waals surface area (Å²) in [4.78, 5) is 24.3. The second-order valence-corrected chi connectivity index (χ2v) is 6.50. The van der Waals surface area contributed by atoms with Crippen molar-refractivity contribution in [3.63, 3.8) is 0 Å². The molecule has 1 saturated carbocycles. The van der Waals surface area contributed by atoms with Crippen LogP contribution in [0, 0.1) is 11.7 Å². The van der Waals surface area contributed by atoms with Crippen LogP contribution in [0.25, 0.3) is 0 Å². The molecule has 1 aliphatic carbocycles. The molecule has 2 aliphatic rings. The van der Waals surface area contributed by atoms with Crippen LogP contribution >= 0.6 is 0 Å². The van der Waals surface area contributed by atoms with Crippen molar-refractivity contribution >= 4 is 17.5 Å². The summed E-state index contributed by atoms with van der Waals surface area (Å²) in [6.45, 7) is 2.23. The highest BCUT2D eigenvalue weighted by Crippen LogP contribution is 2.33. The monoisotopic (exact) mass is 304 g/mol. The van der Waals surface area contributed by atoms with Crippen LogP contribution < -0.4 is 10.6 Å². The van der Waals surface area contributed by atoms with Crippen LogP contribution in [0.2, 0.25) is 0 Å². The lowest BCUT2D eigenvalue weighted by Crippen LogP contribution is -2.42. The second-order valence-electron chi connectivity index (χ2n) is 6.50. The lowest BCUT2D eigenvalue weighted by molar-refractivity contribution is -0.127. The SMILES string of the molecule is CC1CCC(NC(=O)C2CC(=O)Nc3cc(F)ccc32)CC1. The molecule has 118 valence electrons. The first-order chi connectivity index (χ1) is 10.5. The molecule has 1 aromatic carbocycles. The standard InChI is InChI=1S/C17H21FN2O2/c1-10-2-5-12(6-3-10)19-17(22)14-9-16(21)20-15-8-11(18)4-7-13(14)15/h4,7-8,10,12,14H,2-3,5-6,9H2,1H3,(H,19,22)(H,20,21). The van der Waals surface area contributed by atoms with Gasteiger partial charge in [-0.05, 0) is 49.3 Å². The summed E-state index contributed by atoms with van der Waals surface area (Å²) in [5, 5.41) is 5.71. The minimum Gasteiger partial charge on any atom is -0.353 e. The first-order valence-electron chi connectivity index (χ1n) is 7.92.